The summed E-state index contributed by atoms with van der Waals surface area (Å²) in [7, 11) is 0. The van der Waals surface area contributed by atoms with Gasteiger partial charge in [-0.2, -0.15) is 0 Å². The Labute approximate surface area is 114 Å². The van der Waals surface area contributed by atoms with E-state index >= 15 is 0 Å². The van der Waals surface area contributed by atoms with Gasteiger partial charge in [0.2, 0.25) is 5.91 Å². The van der Waals surface area contributed by atoms with Gasteiger partial charge in [-0.3, -0.25) is 4.79 Å². The molecule has 1 heterocycles. The third kappa shape index (κ3) is 3.14. The largest absolute Gasteiger partial charge is 0.379 e. The van der Waals surface area contributed by atoms with E-state index in [2.05, 4.69) is 10.6 Å². The Balaban J connectivity index is 2.08. The number of amides is 1. The van der Waals surface area contributed by atoms with Crippen LogP contribution in [-0.4, -0.2) is 31.7 Å². The topological polar surface area (TPSA) is 50.4 Å². The van der Waals surface area contributed by atoms with Gasteiger partial charge in [0.1, 0.15) is 0 Å². The van der Waals surface area contributed by atoms with Crippen LogP contribution < -0.4 is 10.6 Å². The molecule has 2 rings (SSSR count). The minimum Gasteiger partial charge on any atom is -0.379 e. The lowest BCUT2D eigenvalue weighted by molar-refractivity contribution is -0.120. The summed E-state index contributed by atoms with van der Waals surface area (Å²) in [6, 6.07) is 6.14. The van der Waals surface area contributed by atoms with E-state index in [0.29, 0.717) is 13.2 Å². The van der Waals surface area contributed by atoms with Gasteiger partial charge in [-0.25, -0.2) is 0 Å². The van der Waals surface area contributed by atoms with Crippen LogP contribution in [0.5, 0.6) is 0 Å². The Hall–Kier alpha value is -1.39. The standard InChI is InChI=1S/C15H22N2O2/c1-4-16-13-9-19-8-12(13)15(18)17-14-10(2)6-5-7-11(14)3/h5-7,12-13,16H,4,8-9H2,1-3H3,(H,17,18). The maximum atomic E-state index is 12.4. The van der Waals surface area contributed by atoms with Crippen molar-refractivity contribution in [2.45, 2.75) is 26.8 Å². The zero-order chi connectivity index (χ0) is 13.8. The molecule has 2 atom stereocenters. The quantitative estimate of drug-likeness (QED) is 0.871. The maximum Gasteiger partial charge on any atom is 0.231 e. The smallest absolute Gasteiger partial charge is 0.231 e. The second-order valence-corrected chi connectivity index (χ2v) is 5.06. The number of nitrogens with one attached hydrogen (secondary N) is 2. The first-order valence-corrected chi connectivity index (χ1v) is 6.81. The fourth-order valence-corrected chi connectivity index (χ4v) is 2.50. The van der Waals surface area contributed by atoms with E-state index in [0.717, 1.165) is 23.4 Å². The molecule has 0 radical (unpaired) electrons. The number of hydrogen-bond donors (Lipinski definition) is 2. The first-order valence-electron chi connectivity index (χ1n) is 6.81. The van der Waals surface area contributed by atoms with Crippen molar-refractivity contribution >= 4 is 11.6 Å². The number of likely N-dealkylation sites (N-methyl/N-ethyl adjacent to an activating group) is 1. The van der Waals surface area contributed by atoms with E-state index in [1.165, 1.54) is 0 Å². The van der Waals surface area contributed by atoms with Crippen LogP contribution in [0.1, 0.15) is 18.1 Å². The van der Waals surface area contributed by atoms with Crippen LogP contribution in [0, 0.1) is 19.8 Å². The van der Waals surface area contributed by atoms with Gasteiger partial charge >= 0.3 is 0 Å². The van der Waals surface area contributed by atoms with E-state index < -0.39 is 0 Å². The fourth-order valence-electron chi connectivity index (χ4n) is 2.50. The summed E-state index contributed by atoms with van der Waals surface area (Å²) in [6.07, 6.45) is 0. The molecule has 1 aliphatic heterocycles. The lowest BCUT2D eigenvalue weighted by atomic mass is 10.0. The zero-order valence-electron chi connectivity index (χ0n) is 11.8. The van der Waals surface area contributed by atoms with Crippen molar-refractivity contribution in [2.75, 3.05) is 25.1 Å². The highest BCUT2D eigenvalue weighted by molar-refractivity contribution is 5.94. The Kier molecular flexibility index (Phi) is 4.56. The van der Waals surface area contributed by atoms with Crippen molar-refractivity contribution in [3.05, 3.63) is 29.3 Å². The van der Waals surface area contributed by atoms with Gasteiger partial charge in [-0.1, -0.05) is 25.1 Å². The van der Waals surface area contributed by atoms with Crippen molar-refractivity contribution in [2.24, 2.45) is 5.92 Å². The number of anilines is 1. The third-order valence-corrected chi connectivity index (χ3v) is 3.61. The molecule has 4 heteroatoms. The van der Waals surface area contributed by atoms with Crippen LogP contribution in [0.3, 0.4) is 0 Å². The molecule has 2 unspecified atom stereocenters. The van der Waals surface area contributed by atoms with Gasteiger partial charge in [0, 0.05) is 11.7 Å². The van der Waals surface area contributed by atoms with Crippen LogP contribution in [0.25, 0.3) is 0 Å². The van der Waals surface area contributed by atoms with Gasteiger partial charge < -0.3 is 15.4 Å². The second-order valence-electron chi connectivity index (χ2n) is 5.06. The highest BCUT2D eigenvalue weighted by atomic mass is 16.5. The summed E-state index contributed by atoms with van der Waals surface area (Å²) < 4.78 is 5.42. The van der Waals surface area contributed by atoms with E-state index in [1.54, 1.807) is 0 Å². The molecule has 1 amide bonds. The average Bonchev–Trinajstić information content (AvgIpc) is 2.83. The van der Waals surface area contributed by atoms with E-state index in [-0.39, 0.29) is 17.9 Å². The van der Waals surface area contributed by atoms with Crippen molar-refractivity contribution < 1.29 is 9.53 Å². The molecule has 4 nitrogen and oxygen atoms in total. The van der Waals surface area contributed by atoms with Crippen molar-refractivity contribution in [1.82, 2.24) is 5.32 Å². The zero-order valence-corrected chi connectivity index (χ0v) is 11.8. The molecule has 0 bridgehead atoms. The van der Waals surface area contributed by atoms with Crippen molar-refractivity contribution in [3.63, 3.8) is 0 Å². The lowest BCUT2D eigenvalue weighted by Crippen LogP contribution is -2.41. The maximum absolute atomic E-state index is 12.4. The second kappa shape index (κ2) is 6.17. The summed E-state index contributed by atoms with van der Waals surface area (Å²) in [5, 5.41) is 6.35. The van der Waals surface area contributed by atoms with Crippen LogP contribution in [0.4, 0.5) is 5.69 Å². The number of hydrogen-bond acceptors (Lipinski definition) is 3. The number of rotatable bonds is 4. The summed E-state index contributed by atoms with van der Waals surface area (Å²) in [6.45, 7) is 8.01. The van der Waals surface area contributed by atoms with Gasteiger partial charge in [0.25, 0.3) is 0 Å². The molecule has 104 valence electrons. The molecule has 1 aromatic rings. The summed E-state index contributed by atoms with van der Waals surface area (Å²) >= 11 is 0. The Bertz CT molecular complexity index is 439. The highest BCUT2D eigenvalue weighted by Crippen LogP contribution is 2.22. The number of aryl methyl sites for hydroxylation is 2. The van der Waals surface area contributed by atoms with Gasteiger partial charge in [0.15, 0.2) is 0 Å². The van der Waals surface area contributed by atoms with E-state index in [4.69, 9.17) is 4.74 Å². The number of carbonyl (C=O) groups is 1. The first-order chi connectivity index (χ1) is 9.13. The SMILES string of the molecule is CCNC1COCC1C(=O)Nc1c(C)cccc1C. The number of benzene rings is 1. The molecular weight excluding hydrogens is 240 g/mol. The van der Waals surface area contributed by atoms with Crippen LogP contribution in [0.15, 0.2) is 18.2 Å². The summed E-state index contributed by atoms with van der Waals surface area (Å²) in [5.41, 5.74) is 3.11. The molecule has 0 aliphatic carbocycles. The third-order valence-electron chi connectivity index (χ3n) is 3.61. The van der Waals surface area contributed by atoms with Crippen molar-refractivity contribution in [3.8, 4) is 0 Å². The summed E-state index contributed by atoms with van der Waals surface area (Å²) in [4.78, 5) is 12.4. The predicted octanol–water partition coefficient (Wildman–Crippen LogP) is 1.87. The minimum absolute atomic E-state index is 0.0425. The molecule has 1 aromatic carbocycles. The first kappa shape index (κ1) is 14.0. The van der Waals surface area contributed by atoms with Crippen LogP contribution in [0.2, 0.25) is 0 Å². The molecule has 19 heavy (non-hydrogen) atoms. The fraction of sp³-hybridized carbons (Fsp3) is 0.533. The highest BCUT2D eigenvalue weighted by Gasteiger charge is 2.33. The molecular formula is C15H22N2O2. The van der Waals surface area contributed by atoms with E-state index in [9.17, 15) is 4.79 Å². The monoisotopic (exact) mass is 262 g/mol. The predicted molar refractivity (Wildman–Crippen MR) is 76.3 cm³/mol. The number of ether oxygens (including phenoxy) is 1. The molecule has 0 saturated carbocycles. The molecule has 1 fully saturated rings. The summed E-state index contributed by atoms with van der Waals surface area (Å²) in [5.74, 6) is -0.0696. The Morgan fingerprint density at radius 3 is 2.63 bits per heavy atom. The van der Waals surface area contributed by atoms with Gasteiger partial charge in [0.05, 0.1) is 19.1 Å². The minimum atomic E-state index is -0.112. The Morgan fingerprint density at radius 2 is 2.00 bits per heavy atom. The van der Waals surface area contributed by atoms with E-state index in [1.807, 2.05) is 39.0 Å². The van der Waals surface area contributed by atoms with Crippen molar-refractivity contribution in [1.29, 1.82) is 0 Å². The molecule has 1 saturated heterocycles. The lowest BCUT2D eigenvalue weighted by Gasteiger charge is -2.19. The number of carbonyl (C=O) groups excluding carboxylic acids is 1. The van der Waals surface area contributed by atoms with Gasteiger partial charge in [-0.05, 0) is 31.5 Å². The van der Waals surface area contributed by atoms with Crippen LogP contribution >= 0.6 is 0 Å². The normalized spacial score (nSPS) is 22.5. The average molecular weight is 262 g/mol. The Morgan fingerprint density at radius 1 is 1.32 bits per heavy atom. The van der Waals surface area contributed by atoms with Crippen LogP contribution in [-0.2, 0) is 9.53 Å². The number of para-hydroxylation sites is 1. The molecule has 0 aromatic heterocycles. The molecule has 1 aliphatic rings. The van der Waals surface area contributed by atoms with Gasteiger partial charge in [-0.15, -0.1) is 0 Å². The molecule has 0 spiro atoms. The molecule has 2 N–H and O–H groups in total.